The number of sulfonamides is 1. The Morgan fingerprint density at radius 1 is 1.09 bits per heavy atom. The summed E-state index contributed by atoms with van der Waals surface area (Å²) < 4.78 is 44.9. The summed E-state index contributed by atoms with van der Waals surface area (Å²) in [4.78, 5) is 0. The molecule has 22 heavy (non-hydrogen) atoms. The lowest BCUT2D eigenvalue weighted by atomic mass is 10.2. The minimum Gasteiger partial charge on any atom is -0.497 e. The largest absolute Gasteiger partial charge is 0.497 e. The quantitative estimate of drug-likeness (QED) is 0.852. The van der Waals surface area contributed by atoms with Crippen molar-refractivity contribution in [2.75, 3.05) is 12.9 Å². The van der Waals surface area contributed by atoms with E-state index in [1.165, 1.54) is 6.07 Å². The van der Waals surface area contributed by atoms with E-state index in [0.717, 1.165) is 5.56 Å². The number of hydrogen-bond acceptors (Lipinski definition) is 3. The van der Waals surface area contributed by atoms with Crippen LogP contribution in [0.15, 0.2) is 48.5 Å². The second kappa shape index (κ2) is 7.38. The normalized spacial score (nSPS) is 11.4. The van der Waals surface area contributed by atoms with Crippen LogP contribution in [0.1, 0.15) is 11.1 Å². The Hall–Kier alpha value is -1.92. The zero-order valence-electron chi connectivity index (χ0n) is 12.3. The summed E-state index contributed by atoms with van der Waals surface area (Å²) in [6.07, 6.45) is 0.143. The smallest absolute Gasteiger partial charge is 0.212 e. The van der Waals surface area contributed by atoms with Crippen LogP contribution in [0.25, 0.3) is 0 Å². The van der Waals surface area contributed by atoms with Crippen molar-refractivity contribution in [2.24, 2.45) is 0 Å². The molecule has 1 N–H and O–H groups in total. The van der Waals surface area contributed by atoms with Gasteiger partial charge in [-0.05, 0) is 35.7 Å². The summed E-state index contributed by atoms with van der Waals surface area (Å²) in [5.41, 5.74) is 1.23. The maximum atomic E-state index is 13.5. The number of nitrogens with one attached hydrogen (secondary N) is 1. The fourth-order valence-corrected chi connectivity index (χ4v) is 2.97. The summed E-state index contributed by atoms with van der Waals surface area (Å²) in [5, 5.41) is 0. The Kier molecular flexibility index (Phi) is 5.51. The Morgan fingerprint density at radius 2 is 1.77 bits per heavy atom. The first kappa shape index (κ1) is 16.5. The van der Waals surface area contributed by atoms with Crippen molar-refractivity contribution < 1.29 is 17.5 Å². The minimum atomic E-state index is -3.46. The van der Waals surface area contributed by atoms with Gasteiger partial charge >= 0.3 is 0 Å². The highest BCUT2D eigenvalue weighted by molar-refractivity contribution is 7.89. The second-order valence-electron chi connectivity index (χ2n) is 4.83. The van der Waals surface area contributed by atoms with Gasteiger partial charge in [0.2, 0.25) is 10.0 Å². The van der Waals surface area contributed by atoms with Gasteiger partial charge in [0.25, 0.3) is 0 Å². The topological polar surface area (TPSA) is 55.4 Å². The molecule has 0 aromatic heterocycles. The maximum Gasteiger partial charge on any atom is 0.212 e. The predicted octanol–water partition coefficient (Wildman–Crippen LogP) is 2.50. The average molecular weight is 323 g/mol. The number of benzene rings is 2. The van der Waals surface area contributed by atoms with Crippen molar-refractivity contribution in [3.05, 3.63) is 65.5 Å². The van der Waals surface area contributed by atoms with E-state index in [1.807, 2.05) is 0 Å². The fraction of sp³-hybridized carbons (Fsp3) is 0.250. The summed E-state index contributed by atoms with van der Waals surface area (Å²) in [5.74, 6) is 0.184. The number of halogens is 1. The molecule has 0 spiro atoms. The van der Waals surface area contributed by atoms with Crippen LogP contribution in [0.2, 0.25) is 0 Å². The standard InChI is InChI=1S/C16H18FNO3S/c1-21-15-8-6-13(7-9-15)12-18-22(19,20)11-10-14-4-2-3-5-16(14)17/h2-9,18H,10-12H2,1H3. The zero-order valence-corrected chi connectivity index (χ0v) is 13.1. The highest BCUT2D eigenvalue weighted by Gasteiger charge is 2.12. The van der Waals surface area contributed by atoms with E-state index < -0.39 is 10.0 Å². The molecule has 0 amide bonds. The van der Waals surface area contributed by atoms with E-state index in [9.17, 15) is 12.8 Å². The molecule has 0 saturated heterocycles. The lowest BCUT2D eigenvalue weighted by Gasteiger charge is -2.08. The van der Waals surface area contributed by atoms with Gasteiger partial charge in [-0.1, -0.05) is 30.3 Å². The van der Waals surface area contributed by atoms with Crippen LogP contribution in [-0.2, 0) is 23.0 Å². The summed E-state index contributed by atoms with van der Waals surface area (Å²) in [6, 6.07) is 13.3. The van der Waals surface area contributed by atoms with E-state index >= 15 is 0 Å². The van der Waals surface area contributed by atoms with Crippen molar-refractivity contribution in [3.8, 4) is 5.75 Å². The van der Waals surface area contributed by atoms with E-state index in [4.69, 9.17) is 4.74 Å². The number of aryl methyl sites for hydroxylation is 1. The number of methoxy groups -OCH3 is 1. The van der Waals surface area contributed by atoms with Gasteiger partial charge in [-0.2, -0.15) is 0 Å². The molecule has 4 nitrogen and oxygen atoms in total. The molecular formula is C16H18FNO3S. The van der Waals surface area contributed by atoms with Crippen molar-refractivity contribution in [3.63, 3.8) is 0 Å². The summed E-state index contributed by atoms with van der Waals surface area (Å²) >= 11 is 0. The monoisotopic (exact) mass is 323 g/mol. The molecule has 2 aromatic rings. The van der Waals surface area contributed by atoms with Crippen molar-refractivity contribution in [1.82, 2.24) is 4.72 Å². The predicted molar refractivity (Wildman–Crippen MR) is 83.7 cm³/mol. The van der Waals surface area contributed by atoms with Crippen LogP contribution in [0.5, 0.6) is 5.75 Å². The van der Waals surface area contributed by atoms with E-state index in [2.05, 4.69) is 4.72 Å². The van der Waals surface area contributed by atoms with Gasteiger partial charge in [0.15, 0.2) is 0 Å². The Morgan fingerprint density at radius 3 is 2.41 bits per heavy atom. The van der Waals surface area contributed by atoms with Crippen molar-refractivity contribution in [1.29, 1.82) is 0 Å². The molecular weight excluding hydrogens is 305 g/mol. The Labute approximate surface area is 130 Å². The molecule has 0 aliphatic heterocycles. The molecule has 0 bridgehead atoms. The minimum absolute atomic E-state index is 0.143. The maximum absolute atomic E-state index is 13.5. The number of hydrogen-bond donors (Lipinski definition) is 1. The number of ether oxygens (including phenoxy) is 1. The highest BCUT2D eigenvalue weighted by Crippen LogP contribution is 2.12. The van der Waals surface area contributed by atoms with Crippen LogP contribution >= 0.6 is 0 Å². The summed E-state index contributed by atoms with van der Waals surface area (Å²) in [6.45, 7) is 0.198. The zero-order chi connectivity index (χ0) is 16.0. The molecule has 0 atom stereocenters. The molecule has 0 unspecified atom stereocenters. The summed E-state index contributed by atoms with van der Waals surface area (Å²) in [7, 11) is -1.89. The van der Waals surface area contributed by atoms with Gasteiger partial charge < -0.3 is 4.74 Å². The van der Waals surface area contributed by atoms with Gasteiger partial charge in [-0.3, -0.25) is 0 Å². The van der Waals surface area contributed by atoms with Gasteiger partial charge in [-0.25, -0.2) is 17.5 Å². The van der Waals surface area contributed by atoms with E-state index in [0.29, 0.717) is 11.3 Å². The Bertz CT molecular complexity index is 714. The van der Waals surface area contributed by atoms with Gasteiger partial charge in [0.1, 0.15) is 11.6 Å². The van der Waals surface area contributed by atoms with Gasteiger partial charge in [0.05, 0.1) is 12.9 Å². The molecule has 0 aliphatic rings. The fourth-order valence-electron chi connectivity index (χ4n) is 1.95. The first-order valence-corrected chi connectivity index (χ1v) is 8.49. The lowest BCUT2D eigenvalue weighted by molar-refractivity contribution is 0.414. The molecule has 0 aliphatic carbocycles. The molecule has 118 valence electrons. The van der Waals surface area contributed by atoms with Crippen molar-refractivity contribution >= 4 is 10.0 Å². The van der Waals surface area contributed by atoms with Crippen LogP contribution in [0, 0.1) is 5.82 Å². The highest BCUT2D eigenvalue weighted by atomic mass is 32.2. The number of rotatable bonds is 7. The van der Waals surface area contributed by atoms with Crippen LogP contribution in [0.4, 0.5) is 4.39 Å². The second-order valence-corrected chi connectivity index (χ2v) is 6.76. The molecule has 0 radical (unpaired) electrons. The van der Waals surface area contributed by atoms with Gasteiger partial charge in [0, 0.05) is 6.54 Å². The van der Waals surface area contributed by atoms with E-state index in [1.54, 1.807) is 49.6 Å². The SMILES string of the molecule is COc1ccc(CNS(=O)(=O)CCc2ccccc2F)cc1. The first-order valence-electron chi connectivity index (χ1n) is 6.84. The first-order chi connectivity index (χ1) is 10.5. The molecule has 0 heterocycles. The third-order valence-electron chi connectivity index (χ3n) is 3.25. The molecule has 6 heteroatoms. The average Bonchev–Trinajstić information content (AvgIpc) is 2.53. The molecule has 2 aromatic carbocycles. The molecule has 0 saturated carbocycles. The third-order valence-corrected chi connectivity index (χ3v) is 4.58. The van der Waals surface area contributed by atoms with Gasteiger partial charge in [-0.15, -0.1) is 0 Å². The van der Waals surface area contributed by atoms with Crippen molar-refractivity contribution in [2.45, 2.75) is 13.0 Å². The van der Waals surface area contributed by atoms with E-state index in [-0.39, 0.29) is 24.5 Å². The third kappa shape index (κ3) is 4.82. The lowest BCUT2D eigenvalue weighted by Crippen LogP contribution is -2.27. The van der Waals surface area contributed by atoms with Crippen LogP contribution in [0.3, 0.4) is 0 Å². The molecule has 0 fully saturated rings. The van der Waals surface area contributed by atoms with Crippen LogP contribution in [-0.4, -0.2) is 21.3 Å². The Balaban J connectivity index is 1.89. The van der Waals surface area contributed by atoms with Crippen LogP contribution < -0.4 is 9.46 Å². The molecule has 2 rings (SSSR count).